The maximum atomic E-state index is 10.6. The number of nitrogens with zero attached hydrogens (tertiary/aromatic N) is 1. The Kier molecular flexibility index (Phi) is 3.94. The second-order valence-electron chi connectivity index (χ2n) is 4.22. The minimum Gasteiger partial charge on any atom is -0.486 e. The quantitative estimate of drug-likeness (QED) is 0.505. The van der Waals surface area contributed by atoms with Gasteiger partial charge in [0.2, 0.25) is 0 Å². The lowest BCUT2D eigenvalue weighted by atomic mass is 10.1. The molecule has 0 fully saturated rings. The Hall–Kier alpha value is -1.88. The van der Waals surface area contributed by atoms with E-state index < -0.39 is 4.92 Å². The van der Waals surface area contributed by atoms with E-state index in [1.165, 1.54) is 12.1 Å². The van der Waals surface area contributed by atoms with E-state index in [1.54, 1.807) is 6.07 Å². The van der Waals surface area contributed by atoms with Gasteiger partial charge >= 0.3 is 0 Å². The van der Waals surface area contributed by atoms with Crippen LogP contribution in [-0.4, -0.2) is 16.1 Å². The highest BCUT2D eigenvalue weighted by molar-refractivity contribution is 5.43. The summed E-state index contributed by atoms with van der Waals surface area (Å²) in [5.41, 5.74) is 0.411. The van der Waals surface area contributed by atoms with Crippen molar-refractivity contribution in [3.8, 4) is 5.75 Å². The number of non-ortho nitro benzene ring substituents is 1. The molecule has 1 unspecified atom stereocenters. The number of hydrogen-bond donors (Lipinski definition) is 1. The van der Waals surface area contributed by atoms with Crippen molar-refractivity contribution in [2.45, 2.75) is 32.0 Å². The van der Waals surface area contributed by atoms with Gasteiger partial charge < -0.3 is 9.84 Å². The highest BCUT2D eigenvalue weighted by atomic mass is 16.6. The second-order valence-corrected chi connectivity index (χ2v) is 4.22. The van der Waals surface area contributed by atoms with Crippen LogP contribution in [0.5, 0.6) is 5.75 Å². The number of ether oxygens (including phenoxy) is 1. The summed E-state index contributed by atoms with van der Waals surface area (Å²) in [6.45, 7) is -0.270. The van der Waals surface area contributed by atoms with Gasteiger partial charge in [-0.25, -0.2) is 0 Å². The highest BCUT2D eigenvalue weighted by Gasteiger charge is 2.15. The first-order valence-corrected chi connectivity index (χ1v) is 5.92. The summed E-state index contributed by atoms with van der Waals surface area (Å²) >= 11 is 0. The second kappa shape index (κ2) is 5.64. The third-order valence-electron chi connectivity index (χ3n) is 2.91. The Bertz CT molecular complexity index is 470. The van der Waals surface area contributed by atoms with Gasteiger partial charge in [-0.2, -0.15) is 0 Å². The third-order valence-corrected chi connectivity index (χ3v) is 2.91. The van der Waals surface area contributed by atoms with Gasteiger partial charge in [-0.05, 0) is 31.4 Å². The van der Waals surface area contributed by atoms with Gasteiger partial charge in [-0.15, -0.1) is 0 Å². The van der Waals surface area contributed by atoms with Crippen LogP contribution in [0.4, 0.5) is 5.69 Å². The monoisotopic (exact) mass is 249 g/mol. The van der Waals surface area contributed by atoms with Crippen LogP contribution in [0.25, 0.3) is 0 Å². The topological polar surface area (TPSA) is 72.6 Å². The summed E-state index contributed by atoms with van der Waals surface area (Å²) in [7, 11) is 0. The molecule has 0 saturated heterocycles. The lowest BCUT2D eigenvalue weighted by Crippen LogP contribution is -2.16. The van der Waals surface area contributed by atoms with Crippen molar-refractivity contribution >= 4 is 5.69 Å². The Morgan fingerprint density at radius 3 is 2.94 bits per heavy atom. The molecule has 96 valence electrons. The molecular weight excluding hydrogens is 234 g/mol. The van der Waals surface area contributed by atoms with E-state index in [0.29, 0.717) is 11.3 Å². The fourth-order valence-electron chi connectivity index (χ4n) is 1.96. The minimum absolute atomic E-state index is 0.00879. The Balaban J connectivity index is 2.19. The molecule has 1 N–H and O–H groups in total. The number of benzene rings is 1. The zero-order valence-corrected chi connectivity index (χ0v) is 9.91. The predicted octanol–water partition coefficient (Wildman–Crippen LogP) is 2.57. The third kappa shape index (κ3) is 2.87. The predicted molar refractivity (Wildman–Crippen MR) is 66.4 cm³/mol. The summed E-state index contributed by atoms with van der Waals surface area (Å²) in [5, 5.41) is 19.9. The first-order chi connectivity index (χ1) is 8.70. The summed E-state index contributed by atoms with van der Waals surface area (Å²) in [4.78, 5) is 10.2. The highest BCUT2D eigenvalue weighted by Crippen LogP contribution is 2.27. The molecular formula is C13H15NO4. The van der Waals surface area contributed by atoms with Crippen LogP contribution in [0.2, 0.25) is 0 Å². The molecule has 0 bridgehead atoms. The molecule has 18 heavy (non-hydrogen) atoms. The number of aliphatic hydroxyl groups excluding tert-OH is 1. The van der Waals surface area contributed by atoms with Crippen molar-refractivity contribution in [1.29, 1.82) is 0 Å². The van der Waals surface area contributed by atoms with Gasteiger partial charge in [0.1, 0.15) is 11.9 Å². The number of rotatable bonds is 4. The molecule has 1 aliphatic carbocycles. The number of nitro benzene ring substituents is 1. The molecule has 0 saturated carbocycles. The van der Waals surface area contributed by atoms with Gasteiger partial charge in [0.05, 0.1) is 11.5 Å². The first-order valence-electron chi connectivity index (χ1n) is 5.92. The van der Waals surface area contributed by atoms with Crippen molar-refractivity contribution in [2.75, 3.05) is 0 Å². The molecule has 5 heteroatoms. The number of nitro groups is 1. The lowest BCUT2D eigenvalue weighted by Gasteiger charge is -2.19. The average Bonchev–Trinajstić information content (AvgIpc) is 2.40. The first kappa shape index (κ1) is 12.6. The maximum Gasteiger partial charge on any atom is 0.270 e. The molecule has 0 amide bonds. The number of aliphatic hydroxyl groups is 1. The summed E-state index contributed by atoms with van der Waals surface area (Å²) in [6.07, 6.45) is 7.11. The maximum absolute atomic E-state index is 10.6. The van der Waals surface area contributed by atoms with Crippen LogP contribution in [0.3, 0.4) is 0 Å². The zero-order chi connectivity index (χ0) is 13.0. The van der Waals surface area contributed by atoms with Crippen molar-refractivity contribution < 1.29 is 14.8 Å². The van der Waals surface area contributed by atoms with Gasteiger partial charge in [0, 0.05) is 17.7 Å². The van der Waals surface area contributed by atoms with Crippen molar-refractivity contribution in [1.82, 2.24) is 0 Å². The SMILES string of the molecule is O=[N+]([O-])c1ccc(OC2C=CCCC2)c(CO)c1. The molecule has 0 radical (unpaired) electrons. The van der Waals surface area contributed by atoms with Gasteiger partial charge in [0.25, 0.3) is 5.69 Å². The molecule has 2 rings (SSSR count). The van der Waals surface area contributed by atoms with Gasteiger partial charge in [-0.3, -0.25) is 10.1 Å². The standard InChI is InChI=1S/C13H15NO4/c15-9-10-8-11(14(16)17)6-7-13(10)18-12-4-2-1-3-5-12/h2,4,6-8,12,15H,1,3,5,9H2. The zero-order valence-electron chi connectivity index (χ0n) is 9.91. The van der Waals surface area contributed by atoms with E-state index in [4.69, 9.17) is 4.74 Å². The lowest BCUT2D eigenvalue weighted by molar-refractivity contribution is -0.385. The number of hydrogen-bond acceptors (Lipinski definition) is 4. The van der Waals surface area contributed by atoms with E-state index in [1.807, 2.05) is 6.08 Å². The minimum atomic E-state index is -0.483. The summed E-state index contributed by atoms with van der Waals surface area (Å²) in [5.74, 6) is 0.514. The molecule has 0 heterocycles. The molecule has 1 aliphatic rings. The van der Waals surface area contributed by atoms with E-state index in [9.17, 15) is 15.2 Å². The van der Waals surface area contributed by atoms with Crippen LogP contribution in [-0.2, 0) is 6.61 Å². The van der Waals surface area contributed by atoms with E-state index in [2.05, 4.69) is 6.08 Å². The Morgan fingerprint density at radius 2 is 2.33 bits per heavy atom. The van der Waals surface area contributed by atoms with Crippen LogP contribution >= 0.6 is 0 Å². The molecule has 1 aromatic rings. The van der Waals surface area contributed by atoms with E-state index in [-0.39, 0.29) is 18.4 Å². The largest absolute Gasteiger partial charge is 0.486 e. The van der Waals surface area contributed by atoms with E-state index >= 15 is 0 Å². The molecule has 0 aromatic heterocycles. The fraction of sp³-hybridized carbons (Fsp3) is 0.385. The Labute approximate surface area is 105 Å². The van der Waals surface area contributed by atoms with Crippen molar-refractivity contribution in [3.63, 3.8) is 0 Å². The van der Waals surface area contributed by atoms with Gasteiger partial charge in [-0.1, -0.05) is 6.08 Å². The number of allylic oxidation sites excluding steroid dienone is 1. The molecule has 0 aliphatic heterocycles. The average molecular weight is 249 g/mol. The van der Waals surface area contributed by atoms with Crippen LogP contribution in [0, 0.1) is 10.1 Å². The molecule has 5 nitrogen and oxygen atoms in total. The van der Waals surface area contributed by atoms with Gasteiger partial charge in [0.15, 0.2) is 0 Å². The van der Waals surface area contributed by atoms with Crippen LogP contribution in [0.15, 0.2) is 30.4 Å². The molecule has 1 aromatic carbocycles. The molecule has 0 spiro atoms. The summed E-state index contributed by atoms with van der Waals surface area (Å²) in [6, 6.07) is 4.29. The Morgan fingerprint density at radius 1 is 1.50 bits per heavy atom. The van der Waals surface area contributed by atoms with Crippen LogP contribution < -0.4 is 4.74 Å². The fourth-order valence-corrected chi connectivity index (χ4v) is 1.96. The van der Waals surface area contributed by atoms with Crippen molar-refractivity contribution in [3.05, 3.63) is 46.0 Å². The normalized spacial score (nSPS) is 18.6. The van der Waals surface area contributed by atoms with Crippen LogP contribution in [0.1, 0.15) is 24.8 Å². The van der Waals surface area contributed by atoms with E-state index in [0.717, 1.165) is 19.3 Å². The summed E-state index contributed by atoms with van der Waals surface area (Å²) < 4.78 is 5.74. The molecule has 1 atom stereocenters. The smallest absolute Gasteiger partial charge is 0.270 e. The van der Waals surface area contributed by atoms with Crippen molar-refractivity contribution in [2.24, 2.45) is 0 Å².